The first-order valence-corrected chi connectivity index (χ1v) is 7.72. The molecule has 1 aliphatic heterocycles. The van der Waals surface area contributed by atoms with Gasteiger partial charge in [-0.25, -0.2) is 9.97 Å². The lowest BCUT2D eigenvalue weighted by atomic mass is 10.0. The van der Waals surface area contributed by atoms with Gasteiger partial charge in [0.15, 0.2) is 5.82 Å². The molecule has 5 heteroatoms. The topological polar surface area (TPSA) is 58.1 Å². The molecule has 1 N–H and O–H groups in total. The highest BCUT2D eigenvalue weighted by Gasteiger charge is 2.68. The van der Waals surface area contributed by atoms with E-state index in [0.29, 0.717) is 5.82 Å². The van der Waals surface area contributed by atoms with Gasteiger partial charge in [-0.2, -0.15) is 0 Å². The second-order valence-electron chi connectivity index (χ2n) is 7.32. The Morgan fingerprint density at radius 1 is 1.14 bits per heavy atom. The number of hydrogen-bond acceptors (Lipinski definition) is 4. The first-order valence-electron chi connectivity index (χ1n) is 7.72. The Hall–Kier alpha value is -1.65. The molecular formula is C16H24N4O. The highest BCUT2D eigenvalue weighted by Crippen LogP contribution is 2.68. The van der Waals surface area contributed by atoms with Crippen LogP contribution in [0.5, 0.6) is 0 Å². The molecule has 0 radical (unpaired) electrons. The van der Waals surface area contributed by atoms with Crippen LogP contribution in [0, 0.1) is 16.7 Å². The summed E-state index contributed by atoms with van der Waals surface area (Å²) in [5, 5.41) is 2.90. The summed E-state index contributed by atoms with van der Waals surface area (Å²) in [7, 11) is 0. The molecular weight excluding hydrogens is 264 g/mol. The maximum Gasteiger partial charge on any atom is 0.229 e. The molecule has 114 valence electrons. The highest BCUT2D eigenvalue weighted by molar-refractivity contribution is 5.95. The van der Waals surface area contributed by atoms with Crippen LogP contribution < -0.4 is 10.2 Å². The monoisotopic (exact) mass is 288 g/mol. The molecule has 1 aromatic rings. The third-order valence-corrected chi connectivity index (χ3v) is 5.60. The molecule has 2 aliphatic rings. The van der Waals surface area contributed by atoms with Crippen molar-refractivity contribution in [3.63, 3.8) is 0 Å². The van der Waals surface area contributed by atoms with Gasteiger partial charge in [-0.05, 0) is 23.7 Å². The van der Waals surface area contributed by atoms with Crippen LogP contribution in [-0.4, -0.2) is 29.0 Å². The number of rotatable bonds is 3. The largest absolute Gasteiger partial charge is 0.355 e. The van der Waals surface area contributed by atoms with E-state index in [1.165, 1.54) is 12.8 Å². The van der Waals surface area contributed by atoms with E-state index in [1.807, 2.05) is 0 Å². The van der Waals surface area contributed by atoms with E-state index in [4.69, 9.17) is 0 Å². The summed E-state index contributed by atoms with van der Waals surface area (Å²) in [5.41, 5.74) is 0.0833. The molecule has 0 aromatic carbocycles. The standard InChI is InChI=1S/C16H24N4O/c1-15(2)13(16(15,3)4)14(21)19-11-9-18-12(10-17-11)20-7-5-6-8-20/h9-10,13H,5-8H2,1-4H3,(H,17,19,21). The fraction of sp³-hybridized carbons (Fsp3) is 0.688. The van der Waals surface area contributed by atoms with Gasteiger partial charge in [0.1, 0.15) is 5.82 Å². The maximum absolute atomic E-state index is 12.4. The van der Waals surface area contributed by atoms with E-state index in [9.17, 15) is 4.79 Å². The number of amides is 1. The summed E-state index contributed by atoms with van der Waals surface area (Å²) in [4.78, 5) is 23.3. The Balaban J connectivity index is 1.65. The van der Waals surface area contributed by atoms with Crippen LogP contribution in [0.4, 0.5) is 11.6 Å². The molecule has 2 fully saturated rings. The van der Waals surface area contributed by atoms with Crippen molar-refractivity contribution in [3.05, 3.63) is 12.4 Å². The van der Waals surface area contributed by atoms with Crippen molar-refractivity contribution in [2.24, 2.45) is 16.7 Å². The number of carbonyl (C=O) groups excluding carboxylic acids is 1. The summed E-state index contributed by atoms with van der Waals surface area (Å²) < 4.78 is 0. The molecule has 2 heterocycles. The lowest BCUT2D eigenvalue weighted by Gasteiger charge is -2.15. The summed E-state index contributed by atoms with van der Waals surface area (Å²) in [6, 6.07) is 0. The van der Waals surface area contributed by atoms with Gasteiger partial charge in [0, 0.05) is 19.0 Å². The third kappa shape index (κ3) is 2.28. The van der Waals surface area contributed by atoms with Crippen LogP contribution in [0.3, 0.4) is 0 Å². The first kappa shape index (κ1) is 14.3. The van der Waals surface area contributed by atoms with E-state index in [-0.39, 0.29) is 22.7 Å². The molecule has 1 aliphatic carbocycles. The highest BCUT2D eigenvalue weighted by atomic mass is 16.2. The average Bonchev–Trinajstić information content (AvgIpc) is 2.80. The van der Waals surface area contributed by atoms with Gasteiger partial charge in [0.25, 0.3) is 0 Å². The normalized spacial score (nSPS) is 23.1. The Kier molecular flexibility index (Phi) is 3.19. The minimum Gasteiger partial charge on any atom is -0.355 e. The second kappa shape index (κ2) is 4.68. The third-order valence-electron chi connectivity index (χ3n) is 5.60. The first-order chi connectivity index (χ1) is 9.84. The molecule has 3 rings (SSSR count). The Labute approximate surface area is 126 Å². The van der Waals surface area contributed by atoms with Gasteiger partial charge in [-0.15, -0.1) is 0 Å². The fourth-order valence-electron chi connectivity index (χ4n) is 3.55. The lowest BCUT2D eigenvalue weighted by molar-refractivity contribution is -0.118. The Morgan fingerprint density at radius 2 is 1.76 bits per heavy atom. The summed E-state index contributed by atoms with van der Waals surface area (Å²) in [6.07, 6.45) is 5.84. The SMILES string of the molecule is CC1(C)C(C(=O)Nc2cnc(N3CCCC3)cn2)C1(C)C. The van der Waals surface area contributed by atoms with Gasteiger partial charge in [-0.3, -0.25) is 4.79 Å². The van der Waals surface area contributed by atoms with Gasteiger partial charge in [0.05, 0.1) is 12.4 Å². The predicted octanol–water partition coefficient (Wildman–Crippen LogP) is 2.70. The van der Waals surface area contributed by atoms with Crippen LogP contribution in [0.15, 0.2) is 12.4 Å². The van der Waals surface area contributed by atoms with E-state index in [0.717, 1.165) is 18.9 Å². The predicted molar refractivity (Wildman–Crippen MR) is 83.2 cm³/mol. The van der Waals surface area contributed by atoms with Crippen molar-refractivity contribution < 1.29 is 4.79 Å². The maximum atomic E-state index is 12.4. The number of nitrogens with zero attached hydrogens (tertiary/aromatic N) is 3. The number of anilines is 2. The van der Waals surface area contributed by atoms with Crippen LogP contribution in [-0.2, 0) is 4.79 Å². The van der Waals surface area contributed by atoms with Gasteiger partial charge >= 0.3 is 0 Å². The van der Waals surface area contributed by atoms with E-state index in [2.05, 4.69) is 47.9 Å². The average molecular weight is 288 g/mol. The van der Waals surface area contributed by atoms with Gasteiger partial charge in [0.2, 0.25) is 5.91 Å². The molecule has 0 atom stereocenters. The summed E-state index contributed by atoms with van der Waals surface area (Å²) in [6.45, 7) is 10.6. The number of hydrogen-bond donors (Lipinski definition) is 1. The zero-order valence-corrected chi connectivity index (χ0v) is 13.3. The molecule has 1 saturated heterocycles. The van der Waals surface area contributed by atoms with Gasteiger partial charge < -0.3 is 10.2 Å². The van der Waals surface area contributed by atoms with Crippen molar-refractivity contribution in [1.82, 2.24) is 9.97 Å². The molecule has 0 spiro atoms. The second-order valence-corrected chi connectivity index (χ2v) is 7.32. The van der Waals surface area contributed by atoms with Crippen LogP contribution in [0.1, 0.15) is 40.5 Å². The molecule has 5 nitrogen and oxygen atoms in total. The minimum absolute atomic E-state index is 0.0325. The van der Waals surface area contributed by atoms with Gasteiger partial charge in [-0.1, -0.05) is 27.7 Å². The molecule has 0 bridgehead atoms. The molecule has 1 aromatic heterocycles. The zero-order valence-electron chi connectivity index (χ0n) is 13.3. The quantitative estimate of drug-likeness (QED) is 0.929. The zero-order chi connectivity index (χ0) is 15.3. The molecule has 1 amide bonds. The summed E-state index contributed by atoms with van der Waals surface area (Å²) in [5.74, 6) is 1.53. The van der Waals surface area contributed by atoms with Crippen LogP contribution in [0.25, 0.3) is 0 Å². The van der Waals surface area contributed by atoms with E-state index >= 15 is 0 Å². The molecule has 1 saturated carbocycles. The van der Waals surface area contributed by atoms with Crippen molar-refractivity contribution in [2.75, 3.05) is 23.3 Å². The number of carbonyl (C=O) groups is 1. The smallest absolute Gasteiger partial charge is 0.229 e. The summed E-state index contributed by atoms with van der Waals surface area (Å²) >= 11 is 0. The Bertz CT molecular complexity index is 530. The van der Waals surface area contributed by atoms with Crippen molar-refractivity contribution >= 4 is 17.5 Å². The van der Waals surface area contributed by atoms with E-state index < -0.39 is 0 Å². The van der Waals surface area contributed by atoms with E-state index in [1.54, 1.807) is 12.4 Å². The van der Waals surface area contributed by atoms with Crippen LogP contribution in [0.2, 0.25) is 0 Å². The van der Waals surface area contributed by atoms with Crippen molar-refractivity contribution in [1.29, 1.82) is 0 Å². The fourth-order valence-corrected chi connectivity index (χ4v) is 3.55. The lowest BCUT2D eigenvalue weighted by Crippen LogP contribution is -2.21. The Morgan fingerprint density at radius 3 is 2.24 bits per heavy atom. The molecule has 21 heavy (non-hydrogen) atoms. The van der Waals surface area contributed by atoms with Crippen molar-refractivity contribution in [2.45, 2.75) is 40.5 Å². The number of nitrogens with one attached hydrogen (secondary N) is 1. The van der Waals surface area contributed by atoms with Crippen molar-refractivity contribution in [3.8, 4) is 0 Å². The molecule has 0 unspecified atom stereocenters. The van der Waals surface area contributed by atoms with Crippen LogP contribution >= 0.6 is 0 Å². The minimum atomic E-state index is 0.0325. The number of aromatic nitrogens is 2.